The maximum absolute atomic E-state index is 13.8. The minimum Gasteiger partial charge on any atom is -0.466 e. The number of ether oxygens (including phenoxy) is 1. The molecular formula is C10H10F2O2. The van der Waals surface area contributed by atoms with Gasteiger partial charge in [0.15, 0.2) is 11.3 Å². The summed E-state index contributed by atoms with van der Waals surface area (Å²) in [5.41, 5.74) is -4.37. The van der Waals surface area contributed by atoms with Crippen LogP contribution in [0.15, 0.2) is 24.3 Å². The molecule has 2 rings (SSSR count). The van der Waals surface area contributed by atoms with Gasteiger partial charge in [-0.2, -0.15) is 0 Å². The summed E-state index contributed by atoms with van der Waals surface area (Å²) in [6.45, 7) is 1.74. The molecule has 14 heavy (non-hydrogen) atoms. The van der Waals surface area contributed by atoms with E-state index in [0.717, 1.165) is 12.2 Å². The third-order valence-corrected chi connectivity index (χ3v) is 2.66. The van der Waals surface area contributed by atoms with Gasteiger partial charge in [0.2, 0.25) is 0 Å². The van der Waals surface area contributed by atoms with E-state index in [1.54, 1.807) is 6.92 Å². The van der Waals surface area contributed by atoms with Crippen LogP contribution in [0.1, 0.15) is 6.92 Å². The van der Waals surface area contributed by atoms with E-state index in [4.69, 9.17) is 0 Å². The lowest BCUT2D eigenvalue weighted by atomic mass is 10.1. The number of halogens is 2. The predicted octanol–water partition coefficient (Wildman–Crippen LogP) is 1.72. The number of allylic oxidation sites excluding steroid dienone is 4. The quantitative estimate of drug-likeness (QED) is 0.634. The first kappa shape index (κ1) is 9.37. The van der Waals surface area contributed by atoms with Gasteiger partial charge in [0.05, 0.1) is 6.61 Å². The third-order valence-electron chi connectivity index (χ3n) is 2.66. The van der Waals surface area contributed by atoms with Gasteiger partial charge in [0.1, 0.15) is 5.92 Å². The second kappa shape index (κ2) is 2.65. The Morgan fingerprint density at radius 3 is 2.29 bits per heavy atom. The zero-order valence-electron chi connectivity index (χ0n) is 7.67. The molecule has 2 atom stereocenters. The van der Waals surface area contributed by atoms with Gasteiger partial charge < -0.3 is 4.74 Å². The summed E-state index contributed by atoms with van der Waals surface area (Å²) in [4.78, 5) is 11.2. The zero-order valence-corrected chi connectivity index (χ0v) is 7.67. The van der Waals surface area contributed by atoms with Gasteiger partial charge in [-0.3, -0.25) is 4.79 Å². The highest BCUT2D eigenvalue weighted by Gasteiger charge is 2.82. The summed E-state index contributed by atoms with van der Waals surface area (Å²) in [7, 11) is 0. The SMILES string of the molecule is CCOC(=O)C1C2(F)C=CC=CC12F. The van der Waals surface area contributed by atoms with Gasteiger partial charge in [0.25, 0.3) is 0 Å². The molecule has 2 aliphatic carbocycles. The molecule has 0 aromatic heterocycles. The highest BCUT2D eigenvalue weighted by atomic mass is 19.2. The monoisotopic (exact) mass is 200 g/mol. The van der Waals surface area contributed by atoms with Crippen LogP contribution >= 0.6 is 0 Å². The highest BCUT2D eigenvalue weighted by Crippen LogP contribution is 2.63. The van der Waals surface area contributed by atoms with Gasteiger partial charge in [-0.05, 0) is 19.1 Å². The largest absolute Gasteiger partial charge is 0.466 e. The smallest absolute Gasteiger partial charge is 0.316 e. The molecule has 4 heteroatoms. The second-order valence-electron chi connectivity index (χ2n) is 3.44. The van der Waals surface area contributed by atoms with Crippen LogP contribution < -0.4 is 0 Å². The average Bonchev–Trinajstić information content (AvgIpc) is 2.63. The van der Waals surface area contributed by atoms with Crippen molar-refractivity contribution in [3.63, 3.8) is 0 Å². The van der Waals surface area contributed by atoms with Gasteiger partial charge >= 0.3 is 5.97 Å². The zero-order chi connectivity index (χ0) is 10.4. The molecule has 0 heterocycles. The van der Waals surface area contributed by atoms with E-state index in [9.17, 15) is 13.6 Å². The molecule has 0 radical (unpaired) electrons. The van der Waals surface area contributed by atoms with Crippen LogP contribution in [0.5, 0.6) is 0 Å². The molecule has 0 aromatic rings. The van der Waals surface area contributed by atoms with Gasteiger partial charge in [0, 0.05) is 0 Å². The lowest BCUT2D eigenvalue weighted by molar-refractivity contribution is -0.146. The highest BCUT2D eigenvalue weighted by molar-refractivity contribution is 5.84. The summed E-state index contributed by atoms with van der Waals surface area (Å²) >= 11 is 0. The van der Waals surface area contributed by atoms with Crippen molar-refractivity contribution in [2.75, 3.05) is 6.61 Å². The fourth-order valence-corrected chi connectivity index (χ4v) is 1.86. The normalized spacial score (nSPS) is 43.2. The van der Waals surface area contributed by atoms with E-state index in [0.29, 0.717) is 0 Å². The minimum atomic E-state index is -2.19. The van der Waals surface area contributed by atoms with E-state index < -0.39 is 23.2 Å². The number of esters is 1. The van der Waals surface area contributed by atoms with Crippen LogP contribution in [-0.4, -0.2) is 23.9 Å². The summed E-state index contributed by atoms with van der Waals surface area (Å²) in [6.07, 6.45) is 4.96. The Hall–Kier alpha value is -1.19. The Morgan fingerprint density at radius 1 is 1.36 bits per heavy atom. The molecule has 0 saturated heterocycles. The van der Waals surface area contributed by atoms with Crippen LogP contribution in [0.25, 0.3) is 0 Å². The number of carbonyl (C=O) groups is 1. The second-order valence-corrected chi connectivity index (χ2v) is 3.44. The molecular weight excluding hydrogens is 190 g/mol. The summed E-state index contributed by atoms with van der Waals surface area (Å²) < 4.78 is 32.1. The van der Waals surface area contributed by atoms with Crippen molar-refractivity contribution in [3.8, 4) is 0 Å². The van der Waals surface area contributed by atoms with Crippen LogP contribution in [0.2, 0.25) is 0 Å². The maximum atomic E-state index is 13.8. The van der Waals surface area contributed by atoms with Crippen molar-refractivity contribution in [2.45, 2.75) is 18.3 Å². The summed E-state index contributed by atoms with van der Waals surface area (Å²) in [5.74, 6) is -2.14. The van der Waals surface area contributed by atoms with Gasteiger partial charge in [-0.1, -0.05) is 12.2 Å². The standard InChI is InChI=1S/C10H10F2O2/c1-2-14-8(13)7-9(11)5-3-4-6-10(7,9)12/h3-7H,2H2,1H3. The van der Waals surface area contributed by atoms with E-state index in [-0.39, 0.29) is 6.61 Å². The first-order valence-electron chi connectivity index (χ1n) is 4.48. The van der Waals surface area contributed by atoms with Crippen molar-refractivity contribution in [1.82, 2.24) is 0 Å². The van der Waals surface area contributed by atoms with E-state index >= 15 is 0 Å². The molecule has 2 unspecified atom stereocenters. The van der Waals surface area contributed by atoms with Gasteiger partial charge in [-0.15, -0.1) is 0 Å². The Kier molecular flexibility index (Phi) is 1.77. The van der Waals surface area contributed by atoms with Crippen molar-refractivity contribution < 1.29 is 18.3 Å². The number of rotatable bonds is 2. The van der Waals surface area contributed by atoms with Gasteiger partial charge in [-0.25, -0.2) is 8.78 Å². The average molecular weight is 200 g/mol. The lowest BCUT2D eigenvalue weighted by Gasteiger charge is -2.04. The molecule has 0 bridgehead atoms. The minimum absolute atomic E-state index is 0.134. The Bertz CT molecular complexity index is 313. The molecule has 0 aromatic carbocycles. The van der Waals surface area contributed by atoms with Crippen LogP contribution in [0, 0.1) is 5.92 Å². The van der Waals surface area contributed by atoms with Crippen LogP contribution in [0.3, 0.4) is 0 Å². The number of fused-ring (bicyclic) bond motifs is 1. The van der Waals surface area contributed by atoms with Crippen molar-refractivity contribution in [1.29, 1.82) is 0 Å². The Morgan fingerprint density at radius 2 is 1.86 bits per heavy atom. The number of hydrogen-bond acceptors (Lipinski definition) is 2. The topological polar surface area (TPSA) is 26.3 Å². The lowest BCUT2D eigenvalue weighted by Crippen LogP contribution is -2.13. The van der Waals surface area contributed by atoms with E-state index in [2.05, 4.69) is 4.74 Å². The summed E-state index contributed by atoms with van der Waals surface area (Å²) in [6, 6.07) is 0. The Balaban J connectivity index is 2.22. The van der Waals surface area contributed by atoms with Crippen molar-refractivity contribution in [3.05, 3.63) is 24.3 Å². The van der Waals surface area contributed by atoms with Crippen molar-refractivity contribution in [2.24, 2.45) is 5.92 Å². The van der Waals surface area contributed by atoms with Crippen LogP contribution in [0.4, 0.5) is 8.78 Å². The molecule has 2 nitrogen and oxygen atoms in total. The molecule has 0 N–H and O–H groups in total. The van der Waals surface area contributed by atoms with Crippen LogP contribution in [-0.2, 0) is 9.53 Å². The van der Waals surface area contributed by atoms with E-state index in [1.165, 1.54) is 12.2 Å². The number of carbonyl (C=O) groups excluding carboxylic acids is 1. The molecule has 1 saturated carbocycles. The number of hydrogen-bond donors (Lipinski definition) is 0. The summed E-state index contributed by atoms with van der Waals surface area (Å²) in [5, 5.41) is 0. The molecule has 0 amide bonds. The fraction of sp³-hybridized carbons (Fsp3) is 0.500. The molecule has 0 aliphatic heterocycles. The first-order chi connectivity index (χ1) is 6.56. The molecule has 0 spiro atoms. The fourth-order valence-electron chi connectivity index (χ4n) is 1.86. The molecule has 76 valence electrons. The maximum Gasteiger partial charge on any atom is 0.316 e. The van der Waals surface area contributed by atoms with Crippen molar-refractivity contribution >= 4 is 5.97 Å². The molecule has 2 aliphatic rings. The first-order valence-corrected chi connectivity index (χ1v) is 4.48. The van der Waals surface area contributed by atoms with E-state index in [1.807, 2.05) is 0 Å². The predicted molar refractivity (Wildman–Crippen MR) is 46.1 cm³/mol. The number of alkyl halides is 2. The Labute approximate surface area is 80.2 Å². The molecule has 1 fully saturated rings. The third kappa shape index (κ3) is 0.910.